The Morgan fingerprint density at radius 3 is 2.56 bits per heavy atom. The number of fused-ring (bicyclic) bond motifs is 2. The van der Waals surface area contributed by atoms with Crippen molar-refractivity contribution in [1.29, 1.82) is 0 Å². The summed E-state index contributed by atoms with van der Waals surface area (Å²) in [5.41, 5.74) is 2.81. The molecule has 2 heterocycles. The van der Waals surface area contributed by atoms with Gasteiger partial charge in [-0.3, -0.25) is 9.59 Å². The average Bonchev–Trinajstić information content (AvgIpc) is 3.30. The summed E-state index contributed by atoms with van der Waals surface area (Å²) >= 11 is 0. The van der Waals surface area contributed by atoms with E-state index >= 15 is 0 Å². The van der Waals surface area contributed by atoms with Gasteiger partial charge in [-0.15, -0.1) is 0 Å². The van der Waals surface area contributed by atoms with Crippen LogP contribution in [0.1, 0.15) is 33.5 Å². The Labute approximate surface area is 186 Å². The molecule has 32 heavy (non-hydrogen) atoms. The number of amides is 1. The lowest BCUT2D eigenvalue weighted by Gasteiger charge is -2.23. The van der Waals surface area contributed by atoms with Gasteiger partial charge in [0.1, 0.15) is 0 Å². The van der Waals surface area contributed by atoms with Crippen LogP contribution in [0.4, 0.5) is 5.69 Å². The van der Waals surface area contributed by atoms with Crippen LogP contribution in [0.2, 0.25) is 0 Å². The van der Waals surface area contributed by atoms with E-state index in [2.05, 4.69) is 11.1 Å². The van der Waals surface area contributed by atoms with Crippen molar-refractivity contribution in [2.24, 2.45) is 0 Å². The molecule has 3 aromatic carbocycles. The molecule has 0 fully saturated rings. The van der Waals surface area contributed by atoms with Gasteiger partial charge in [-0.05, 0) is 36.6 Å². The zero-order valence-corrected chi connectivity index (χ0v) is 17.8. The fourth-order valence-corrected chi connectivity index (χ4v) is 4.68. The minimum absolute atomic E-state index is 0.243. The number of Topliss-reactive ketones (excluding diaryl/α,β-unsaturated/α-hetero) is 1. The number of carbonyl (C=O) groups excluding carboxylic acids is 2. The van der Waals surface area contributed by atoms with Gasteiger partial charge in [0.2, 0.25) is 0 Å². The predicted molar refractivity (Wildman–Crippen MR) is 125 cm³/mol. The van der Waals surface area contributed by atoms with Crippen molar-refractivity contribution in [1.82, 2.24) is 4.98 Å². The third-order valence-electron chi connectivity index (χ3n) is 6.38. The number of H-pyrrole nitrogens is 1. The second-order valence-corrected chi connectivity index (χ2v) is 8.36. The molecule has 1 amide bonds. The molecule has 1 aliphatic rings. The highest BCUT2D eigenvalue weighted by molar-refractivity contribution is 6.11. The Hall–Kier alpha value is -3.70. The third-order valence-corrected chi connectivity index (χ3v) is 6.38. The van der Waals surface area contributed by atoms with Crippen LogP contribution in [0.15, 0.2) is 79.0 Å². The number of aromatic nitrogens is 1. The number of hydrogen-bond donors (Lipinski definition) is 2. The van der Waals surface area contributed by atoms with Gasteiger partial charge in [0.15, 0.2) is 11.4 Å². The molecule has 4 aromatic rings. The molecule has 1 aliphatic heterocycles. The molecule has 1 aromatic heterocycles. The first-order valence-corrected chi connectivity index (χ1v) is 10.8. The summed E-state index contributed by atoms with van der Waals surface area (Å²) in [6, 6.07) is 22.5. The van der Waals surface area contributed by atoms with Crippen LogP contribution < -0.4 is 4.90 Å². The van der Waals surface area contributed by atoms with E-state index in [4.69, 9.17) is 0 Å². The number of aliphatic hydroxyl groups is 1. The molecule has 5 heteroatoms. The number of hydrogen-bond acceptors (Lipinski definition) is 3. The van der Waals surface area contributed by atoms with E-state index in [9.17, 15) is 14.7 Å². The molecule has 5 rings (SSSR count). The van der Waals surface area contributed by atoms with Crippen molar-refractivity contribution in [2.45, 2.75) is 25.4 Å². The largest absolute Gasteiger partial charge is 0.375 e. The monoisotopic (exact) mass is 424 g/mol. The highest BCUT2D eigenvalue weighted by atomic mass is 16.3. The lowest BCUT2D eigenvalue weighted by molar-refractivity contribution is -0.135. The normalized spacial score (nSPS) is 17.7. The van der Waals surface area contributed by atoms with Crippen molar-refractivity contribution in [3.8, 4) is 0 Å². The Bertz CT molecular complexity index is 1340. The topological polar surface area (TPSA) is 73.4 Å². The van der Waals surface area contributed by atoms with Gasteiger partial charge in [0.05, 0.1) is 12.1 Å². The van der Waals surface area contributed by atoms with Crippen LogP contribution in [0, 0.1) is 6.92 Å². The van der Waals surface area contributed by atoms with Gasteiger partial charge in [0, 0.05) is 34.8 Å². The van der Waals surface area contributed by atoms with E-state index in [1.807, 2.05) is 55.6 Å². The fourth-order valence-electron chi connectivity index (χ4n) is 4.68. The fraction of sp³-hybridized carbons (Fsp3) is 0.185. The molecule has 0 saturated carbocycles. The van der Waals surface area contributed by atoms with E-state index in [0.717, 1.165) is 22.0 Å². The summed E-state index contributed by atoms with van der Waals surface area (Å²) in [6.07, 6.45) is 2.31. The Morgan fingerprint density at radius 2 is 1.72 bits per heavy atom. The predicted octanol–water partition coefficient (Wildman–Crippen LogP) is 4.53. The molecule has 0 spiro atoms. The summed E-state index contributed by atoms with van der Waals surface area (Å²) in [5, 5.41) is 12.6. The average molecular weight is 425 g/mol. The number of para-hydroxylation sites is 2. The number of nitrogens with one attached hydrogen (secondary N) is 1. The molecule has 160 valence electrons. The molecular weight excluding hydrogens is 400 g/mol. The van der Waals surface area contributed by atoms with E-state index in [1.165, 1.54) is 0 Å². The van der Waals surface area contributed by atoms with Gasteiger partial charge < -0.3 is 15.0 Å². The second kappa shape index (κ2) is 7.77. The van der Waals surface area contributed by atoms with Crippen molar-refractivity contribution < 1.29 is 14.7 Å². The van der Waals surface area contributed by atoms with Crippen LogP contribution >= 0.6 is 0 Å². The minimum atomic E-state index is -1.86. The van der Waals surface area contributed by atoms with Crippen molar-refractivity contribution in [2.75, 3.05) is 11.4 Å². The van der Waals surface area contributed by atoms with Crippen LogP contribution in [0.3, 0.4) is 0 Å². The maximum Gasteiger partial charge on any atom is 0.264 e. The Morgan fingerprint density at radius 1 is 1.00 bits per heavy atom. The molecular formula is C27H24N2O3. The van der Waals surface area contributed by atoms with Crippen LogP contribution in [-0.4, -0.2) is 28.3 Å². The standard InChI is InChI=1S/C27H24N2O3/c1-18-8-2-3-9-20(18)25(30)16-27(32)22-11-5-7-13-24(22)29(26(27)31)15-14-19-17-28-23-12-6-4-10-21(19)23/h2-13,17,28,32H,14-16H2,1H3/t27-/m1/s1. The number of carbonyl (C=O) groups is 2. The summed E-state index contributed by atoms with van der Waals surface area (Å²) in [4.78, 5) is 31.4. The molecule has 0 aliphatic carbocycles. The quantitative estimate of drug-likeness (QED) is 0.447. The maximum absolute atomic E-state index is 13.5. The lowest BCUT2D eigenvalue weighted by atomic mass is 9.87. The van der Waals surface area contributed by atoms with E-state index < -0.39 is 11.5 Å². The Balaban J connectivity index is 1.44. The lowest BCUT2D eigenvalue weighted by Crippen LogP contribution is -2.42. The van der Waals surface area contributed by atoms with Gasteiger partial charge >= 0.3 is 0 Å². The van der Waals surface area contributed by atoms with E-state index in [1.54, 1.807) is 29.2 Å². The zero-order valence-electron chi connectivity index (χ0n) is 17.8. The number of ketones is 1. The molecule has 2 N–H and O–H groups in total. The molecule has 0 saturated heterocycles. The number of aryl methyl sites for hydroxylation is 1. The summed E-state index contributed by atoms with van der Waals surface area (Å²) in [6.45, 7) is 2.27. The van der Waals surface area contributed by atoms with Crippen molar-refractivity contribution in [3.05, 3.63) is 101 Å². The summed E-state index contributed by atoms with van der Waals surface area (Å²) in [5.74, 6) is -0.687. The highest BCUT2D eigenvalue weighted by Crippen LogP contribution is 2.43. The number of anilines is 1. The molecule has 0 unspecified atom stereocenters. The van der Waals surface area contributed by atoms with Gasteiger partial charge in [-0.2, -0.15) is 0 Å². The SMILES string of the molecule is Cc1ccccc1C(=O)C[C@]1(O)C(=O)N(CCc2c[nH]c3ccccc23)c2ccccc21. The zero-order chi connectivity index (χ0) is 22.3. The number of nitrogens with zero attached hydrogens (tertiary/aromatic N) is 1. The van der Waals surface area contributed by atoms with Crippen molar-refractivity contribution in [3.63, 3.8) is 0 Å². The van der Waals surface area contributed by atoms with Gasteiger partial charge in [-0.25, -0.2) is 0 Å². The molecule has 0 bridgehead atoms. The first-order valence-electron chi connectivity index (χ1n) is 10.8. The Kier molecular flexibility index (Phi) is 4.91. The smallest absolute Gasteiger partial charge is 0.264 e. The molecule has 1 atom stereocenters. The second-order valence-electron chi connectivity index (χ2n) is 8.36. The van der Waals surface area contributed by atoms with Gasteiger partial charge in [-0.1, -0.05) is 60.7 Å². The maximum atomic E-state index is 13.5. The first-order chi connectivity index (χ1) is 15.5. The van der Waals surface area contributed by atoms with Crippen LogP contribution in [0.25, 0.3) is 10.9 Å². The highest BCUT2D eigenvalue weighted by Gasteiger charge is 2.50. The van der Waals surface area contributed by atoms with E-state index in [-0.39, 0.29) is 12.2 Å². The number of aromatic amines is 1. The number of rotatable bonds is 6. The molecule has 0 radical (unpaired) electrons. The first kappa shape index (κ1) is 20.2. The third kappa shape index (κ3) is 3.22. The summed E-state index contributed by atoms with van der Waals surface area (Å²) < 4.78 is 0. The van der Waals surface area contributed by atoms with Crippen LogP contribution in [-0.2, 0) is 16.8 Å². The van der Waals surface area contributed by atoms with E-state index in [0.29, 0.717) is 29.8 Å². The summed E-state index contributed by atoms with van der Waals surface area (Å²) in [7, 11) is 0. The van der Waals surface area contributed by atoms with Crippen LogP contribution in [0.5, 0.6) is 0 Å². The minimum Gasteiger partial charge on any atom is -0.375 e. The van der Waals surface area contributed by atoms with Crippen molar-refractivity contribution >= 4 is 28.3 Å². The molecule has 5 nitrogen and oxygen atoms in total. The number of benzene rings is 3. The van der Waals surface area contributed by atoms with Gasteiger partial charge in [0.25, 0.3) is 5.91 Å².